The van der Waals surface area contributed by atoms with Gasteiger partial charge in [0.15, 0.2) is 18.1 Å². The number of hydrogen-bond acceptors (Lipinski definition) is 7. The van der Waals surface area contributed by atoms with Crippen LogP contribution in [0.4, 0.5) is 0 Å². The standard InChI is InChI=1S/C28H24BrN3O5/c1-3-36-27(33)17-37-26-15-22(29)19(13-25(26)35-2)16-30-32-28(34)21-14-24(18-9-5-4-6-10-18)31-23-12-8-7-11-20(21)23/h4-16H,3,17H2,1-2H3,(H,32,34)/b30-16+. The van der Waals surface area contributed by atoms with Crippen molar-refractivity contribution in [3.05, 3.63) is 88.4 Å². The summed E-state index contributed by atoms with van der Waals surface area (Å²) in [4.78, 5) is 29.5. The number of ether oxygens (including phenoxy) is 3. The lowest BCUT2D eigenvalue weighted by atomic mass is 10.0. The SMILES string of the molecule is CCOC(=O)COc1cc(Br)c(/C=N/NC(=O)c2cc(-c3ccccc3)nc3ccccc23)cc1OC. The van der Waals surface area contributed by atoms with Gasteiger partial charge in [0, 0.05) is 21.0 Å². The van der Waals surface area contributed by atoms with Gasteiger partial charge in [0.05, 0.1) is 36.7 Å². The van der Waals surface area contributed by atoms with E-state index in [1.54, 1.807) is 25.1 Å². The van der Waals surface area contributed by atoms with E-state index in [-0.39, 0.29) is 19.1 Å². The van der Waals surface area contributed by atoms with Gasteiger partial charge < -0.3 is 14.2 Å². The summed E-state index contributed by atoms with van der Waals surface area (Å²) in [6, 6.07) is 22.2. The lowest BCUT2D eigenvalue weighted by Gasteiger charge is -2.12. The van der Waals surface area contributed by atoms with Crippen LogP contribution in [0.15, 0.2) is 82.4 Å². The van der Waals surface area contributed by atoms with Crippen LogP contribution in [0.5, 0.6) is 11.5 Å². The fourth-order valence-corrected chi connectivity index (χ4v) is 4.03. The summed E-state index contributed by atoms with van der Waals surface area (Å²) in [6.45, 7) is 1.75. The summed E-state index contributed by atoms with van der Waals surface area (Å²) in [5, 5.41) is 4.87. The smallest absolute Gasteiger partial charge is 0.344 e. The molecule has 4 aromatic rings. The first-order valence-electron chi connectivity index (χ1n) is 11.4. The topological polar surface area (TPSA) is 99.1 Å². The molecule has 0 bridgehead atoms. The first-order valence-corrected chi connectivity index (χ1v) is 12.2. The minimum absolute atomic E-state index is 0.245. The van der Waals surface area contributed by atoms with Crippen LogP contribution < -0.4 is 14.9 Å². The van der Waals surface area contributed by atoms with Crippen LogP contribution in [0.2, 0.25) is 0 Å². The number of carbonyl (C=O) groups excluding carboxylic acids is 2. The normalized spacial score (nSPS) is 10.9. The number of methoxy groups -OCH3 is 1. The van der Waals surface area contributed by atoms with Crippen molar-refractivity contribution in [2.24, 2.45) is 5.10 Å². The second-order valence-electron chi connectivity index (χ2n) is 7.76. The third-order valence-corrected chi connectivity index (χ3v) is 6.02. The molecule has 37 heavy (non-hydrogen) atoms. The molecular formula is C28H24BrN3O5. The molecule has 8 nitrogen and oxygen atoms in total. The Bertz CT molecular complexity index is 1460. The molecule has 0 aliphatic heterocycles. The fraction of sp³-hybridized carbons (Fsp3) is 0.143. The number of nitrogens with zero attached hydrogens (tertiary/aromatic N) is 2. The van der Waals surface area contributed by atoms with E-state index in [4.69, 9.17) is 19.2 Å². The van der Waals surface area contributed by atoms with Gasteiger partial charge in [-0.05, 0) is 47.1 Å². The Morgan fingerprint density at radius 2 is 1.78 bits per heavy atom. The van der Waals surface area contributed by atoms with Gasteiger partial charge in [-0.2, -0.15) is 5.10 Å². The zero-order chi connectivity index (χ0) is 26.2. The number of hydrogen-bond donors (Lipinski definition) is 1. The molecule has 188 valence electrons. The second kappa shape index (κ2) is 12.1. The number of benzene rings is 3. The first-order chi connectivity index (χ1) is 18.0. The first kappa shape index (κ1) is 25.8. The van der Waals surface area contributed by atoms with E-state index in [9.17, 15) is 9.59 Å². The highest BCUT2D eigenvalue weighted by molar-refractivity contribution is 9.10. The third-order valence-electron chi connectivity index (χ3n) is 5.33. The second-order valence-corrected chi connectivity index (χ2v) is 8.61. The molecule has 1 N–H and O–H groups in total. The summed E-state index contributed by atoms with van der Waals surface area (Å²) in [5.41, 5.74) is 6.00. The molecule has 0 saturated heterocycles. The van der Waals surface area contributed by atoms with Crippen LogP contribution in [-0.4, -0.2) is 43.4 Å². The molecule has 0 aliphatic rings. The minimum atomic E-state index is -0.479. The maximum atomic E-state index is 13.1. The summed E-state index contributed by atoms with van der Waals surface area (Å²) < 4.78 is 16.4. The van der Waals surface area contributed by atoms with Crippen LogP contribution in [0.1, 0.15) is 22.8 Å². The average Bonchev–Trinajstić information content (AvgIpc) is 2.92. The number of halogens is 1. The van der Waals surface area contributed by atoms with Gasteiger partial charge in [0.1, 0.15) is 0 Å². The van der Waals surface area contributed by atoms with Gasteiger partial charge >= 0.3 is 5.97 Å². The molecule has 0 fully saturated rings. The average molecular weight is 562 g/mol. The van der Waals surface area contributed by atoms with E-state index < -0.39 is 5.97 Å². The van der Waals surface area contributed by atoms with Gasteiger partial charge in [-0.15, -0.1) is 0 Å². The summed E-state index contributed by atoms with van der Waals surface area (Å²) in [5.74, 6) is -0.0918. The highest BCUT2D eigenvalue weighted by atomic mass is 79.9. The molecule has 0 atom stereocenters. The van der Waals surface area contributed by atoms with Gasteiger partial charge in [0.2, 0.25) is 0 Å². The molecular weight excluding hydrogens is 538 g/mol. The van der Waals surface area contributed by atoms with Crippen molar-refractivity contribution >= 4 is 44.9 Å². The Kier molecular flexibility index (Phi) is 8.48. The summed E-state index contributed by atoms with van der Waals surface area (Å²) >= 11 is 3.46. The third kappa shape index (κ3) is 6.31. The van der Waals surface area contributed by atoms with E-state index in [2.05, 4.69) is 26.5 Å². The van der Waals surface area contributed by atoms with Gasteiger partial charge in [0.25, 0.3) is 5.91 Å². The zero-order valence-corrected chi connectivity index (χ0v) is 21.8. The predicted molar refractivity (Wildman–Crippen MR) is 145 cm³/mol. The zero-order valence-electron chi connectivity index (χ0n) is 20.2. The molecule has 1 amide bonds. The van der Waals surface area contributed by atoms with Crippen molar-refractivity contribution < 1.29 is 23.8 Å². The van der Waals surface area contributed by atoms with Crippen molar-refractivity contribution in [3.8, 4) is 22.8 Å². The number of esters is 1. The van der Waals surface area contributed by atoms with Crippen molar-refractivity contribution in [3.63, 3.8) is 0 Å². The molecule has 1 heterocycles. The molecule has 4 rings (SSSR count). The number of pyridine rings is 1. The van der Waals surface area contributed by atoms with Crippen LogP contribution in [-0.2, 0) is 9.53 Å². The molecule has 0 unspecified atom stereocenters. The van der Waals surface area contributed by atoms with Crippen LogP contribution >= 0.6 is 15.9 Å². The summed E-state index contributed by atoms with van der Waals surface area (Å²) in [7, 11) is 1.49. The Balaban J connectivity index is 1.55. The number of fused-ring (bicyclic) bond motifs is 1. The van der Waals surface area contributed by atoms with Gasteiger partial charge in [-0.1, -0.05) is 48.5 Å². The van der Waals surface area contributed by atoms with Crippen LogP contribution in [0.3, 0.4) is 0 Å². The number of para-hydroxylation sites is 1. The van der Waals surface area contributed by atoms with E-state index >= 15 is 0 Å². The van der Waals surface area contributed by atoms with Crippen molar-refractivity contribution in [1.29, 1.82) is 0 Å². The maximum absolute atomic E-state index is 13.1. The number of rotatable bonds is 9. The van der Waals surface area contributed by atoms with E-state index in [1.165, 1.54) is 13.3 Å². The highest BCUT2D eigenvalue weighted by Crippen LogP contribution is 2.33. The molecule has 9 heteroatoms. The Labute approximate surface area is 222 Å². The molecule has 0 saturated carbocycles. The lowest BCUT2D eigenvalue weighted by Crippen LogP contribution is -2.18. The highest BCUT2D eigenvalue weighted by Gasteiger charge is 2.15. The van der Waals surface area contributed by atoms with E-state index in [0.717, 1.165) is 10.9 Å². The molecule has 1 aromatic heterocycles. The number of nitrogens with one attached hydrogen (secondary N) is 1. The van der Waals surface area contributed by atoms with E-state index in [0.29, 0.717) is 38.3 Å². The van der Waals surface area contributed by atoms with Crippen molar-refractivity contribution in [1.82, 2.24) is 10.4 Å². The molecule has 0 radical (unpaired) electrons. The predicted octanol–water partition coefficient (Wildman–Crippen LogP) is 5.38. The number of hydrazone groups is 1. The van der Waals surface area contributed by atoms with Crippen molar-refractivity contribution in [2.75, 3.05) is 20.3 Å². The monoisotopic (exact) mass is 561 g/mol. The van der Waals surface area contributed by atoms with Gasteiger partial charge in [-0.25, -0.2) is 15.2 Å². The maximum Gasteiger partial charge on any atom is 0.344 e. The summed E-state index contributed by atoms with van der Waals surface area (Å²) in [6.07, 6.45) is 1.49. The Morgan fingerprint density at radius 1 is 1.03 bits per heavy atom. The largest absolute Gasteiger partial charge is 0.493 e. The fourth-order valence-electron chi connectivity index (χ4n) is 3.60. The Hall–Kier alpha value is -4.24. The lowest BCUT2D eigenvalue weighted by molar-refractivity contribution is -0.145. The van der Waals surface area contributed by atoms with Crippen molar-refractivity contribution in [2.45, 2.75) is 6.92 Å². The quantitative estimate of drug-likeness (QED) is 0.167. The molecule has 0 spiro atoms. The van der Waals surface area contributed by atoms with E-state index in [1.807, 2.05) is 54.6 Å². The van der Waals surface area contributed by atoms with Gasteiger partial charge in [-0.3, -0.25) is 4.79 Å². The van der Waals surface area contributed by atoms with Crippen LogP contribution in [0.25, 0.3) is 22.2 Å². The Morgan fingerprint density at radius 3 is 2.54 bits per heavy atom. The number of aromatic nitrogens is 1. The number of amides is 1. The van der Waals surface area contributed by atoms with Crippen LogP contribution in [0, 0.1) is 0 Å². The molecule has 3 aromatic carbocycles. The minimum Gasteiger partial charge on any atom is -0.493 e. The number of carbonyl (C=O) groups is 2. The molecule has 0 aliphatic carbocycles.